The SMILES string of the molecule is O=Cc1ccc(OSC(F)(F)F)c(Cl)c1. The highest BCUT2D eigenvalue weighted by Gasteiger charge is 2.31. The fourth-order valence-corrected chi connectivity index (χ4v) is 1.35. The lowest BCUT2D eigenvalue weighted by Gasteiger charge is -2.07. The van der Waals surface area contributed by atoms with Gasteiger partial charge in [0.2, 0.25) is 0 Å². The summed E-state index contributed by atoms with van der Waals surface area (Å²) in [5, 5.41) is -0.0450. The molecule has 0 aliphatic carbocycles. The van der Waals surface area contributed by atoms with Crippen molar-refractivity contribution in [2.75, 3.05) is 0 Å². The fraction of sp³-hybridized carbons (Fsp3) is 0.125. The van der Waals surface area contributed by atoms with Gasteiger partial charge in [0.05, 0.1) is 5.02 Å². The maximum absolute atomic E-state index is 11.8. The molecule has 15 heavy (non-hydrogen) atoms. The molecule has 0 saturated heterocycles. The van der Waals surface area contributed by atoms with Crippen LogP contribution >= 0.6 is 23.6 Å². The highest BCUT2D eigenvalue weighted by atomic mass is 35.5. The van der Waals surface area contributed by atoms with Crippen molar-refractivity contribution in [1.82, 2.24) is 0 Å². The maximum Gasteiger partial charge on any atom is 0.479 e. The average Bonchev–Trinajstić information content (AvgIpc) is 2.14. The Morgan fingerprint density at radius 2 is 2.07 bits per heavy atom. The van der Waals surface area contributed by atoms with Gasteiger partial charge in [-0.1, -0.05) is 11.6 Å². The molecule has 0 aliphatic heterocycles. The highest BCUT2D eigenvalue weighted by molar-refractivity contribution is 7.95. The van der Waals surface area contributed by atoms with Gasteiger partial charge in [0.15, 0.2) is 17.8 Å². The average molecular weight is 257 g/mol. The lowest BCUT2D eigenvalue weighted by atomic mass is 10.2. The predicted octanol–water partition coefficient (Wildman–Crippen LogP) is 3.70. The number of carbonyl (C=O) groups excluding carboxylic acids is 1. The zero-order valence-electron chi connectivity index (χ0n) is 7.05. The minimum atomic E-state index is -4.49. The van der Waals surface area contributed by atoms with Crippen LogP contribution in [0.4, 0.5) is 13.2 Å². The summed E-state index contributed by atoms with van der Waals surface area (Å²) in [6, 6.07) is 3.73. The second-order valence-corrected chi connectivity index (χ2v) is 3.62. The standard InChI is InChI=1S/C8H4ClF3O2S/c9-6-3-5(4-13)1-2-7(6)14-15-8(10,11)12/h1-4H. The van der Waals surface area contributed by atoms with Crippen LogP contribution in [0.1, 0.15) is 10.4 Å². The van der Waals surface area contributed by atoms with Crippen molar-refractivity contribution in [3.05, 3.63) is 28.8 Å². The number of hydrogen-bond acceptors (Lipinski definition) is 3. The van der Waals surface area contributed by atoms with Gasteiger partial charge in [-0.3, -0.25) is 4.79 Å². The van der Waals surface area contributed by atoms with E-state index >= 15 is 0 Å². The fourth-order valence-electron chi connectivity index (χ4n) is 0.750. The minimum absolute atomic E-state index is 0.0450. The Kier molecular flexibility index (Phi) is 3.87. The Morgan fingerprint density at radius 1 is 1.40 bits per heavy atom. The van der Waals surface area contributed by atoms with Crippen molar-refractivity contribution in [3.63, 3.8) is 0 Å². The van der Waals surface area contributed by atoms with E-state index in [1.807, 2.05) is 0 Å². The van der Waals surface area contributed by atoms with E-state index in [9.17, 15) is 18.0 Å². The van der Waals surface area contributed by atoms with Gasteiger partial charge in [-0.15, -0.1) is 0 Å². The van der Waals surface area contributed by atoms with E-state index in [1.165, 1.54) is 18.2 Å². The number of benzene rings is 1. The minimum Gasteiger partial charge on any atom is -0.416 e. The Bertz CT molecular complexity index is 367. The van der Waals surface area contributed by atoms with Crippen LogP contribution in [-0.2, 0) is 0 Å². The molecular weight excluding hydrogens is 253 g/mol. The van der Waals surface area contributed by atoms with Gasteiger partial charge in [-0.2, -0.15) is 13.2 Å². The van der Waals surface area contributed by atoms with E-state index in [0.717, 1.165) is 0 Å². The number of rotatable bonds is 3. The van der Waals surface area contributed by atoms with Crippen molar-refractivity contribution in [2.45, 2.75) is 5.51 Å². The summed E-state index contributed by atoms with van der Waals surface area (Å²) in [6.45, 7) is 0. The lowest BCUT2D eigenvalue weighted by Crippen LogP contribution is -2.02. The summed E-state index contributed by atoms with van der Waals surface area (Å²) < 4.78 is 39.6. The van der Waals surface area contributed by atoms with Crippen molar-refractivity contribution in [1.29, 1.82) is 0 Å². The number of carbonyl (C=O) groups is 1. The van der Waals surface area contributed by atoms with Gasteiger partial charge in [0.25, 0.3) is 0 Å². The molecule has 0 N–H and O–H groups in total. The molecule has 7 heteroatoms. The second kappa shape index (κ2) is 4.76. The van der Waals surface area contributed by atoms with E-state index in [0.29, 0.717) is 6.29 Å². The third-order valence-corrected chi connectivity index (χ3v) is 2.07. The molecule has 0 heterocycles. The second-order valence-electron chi connectivity index (χ2n) is 2.42. The number of aldehydes is 1. The highest BCUT2D eigenvalue weighted by Crippen LogP contribution is 2.35. The van der Waals surface area contributed by atoms with Crippen molar-refractivity contribution >= 4 is 29.9 Å². The zero-order chi connectivity index (χ0) is 11.5. The molecule has 0 radical (unpaired) electrons. The quantitative estimate of drug-likeness (QED) is 0.609. The third-order valence-electron chi connectivity index (χ3n) is 1.32. The summed E-state index contributed by atoms with van der Waals surface area (Å²) in [7, 11) is 0. The Morgan fingerprint density at radius 3 is 2.53 bits per heavy atom. The van der Waals surface area contributed by atoms with Crippen LogP contribution in [0.15, 0.2) is 18.2 Å². The summed E-state index contributed by atoms with van der Waals surface area (Å²) in [6.07, 6.45) is 0.534. The first-order chi connectivity index (χ1) is 6.92. The van der Waals surface area contributed by atoms with Crippen molar-refractivity contribution in [2.24, 2.45) is 0 Å². The lowest BCUT2D eigenvalue weighted by molar-refractivity contribution is -0.0369. The van der Waals surface area contributed by atoms with E-state index in [4.69, 9.17) is 11.6 Å². The number of hydrogen-bond donors (Lipinski definition) is 0. The van der Waals surface area contributed by atoms with Crippen LogP contribution in [0, 0.1) is 0 Å². The molecule has 1 aromatic rings. The van der Waals surface area contributed by atoms with E-state index in [1.54, 1.807) is 0 Å². The topological polar surface area (TPSA) is 26.3 Å². The van der Waals surface area contributed by atoms with Crippen LogP contribution in [0.25, 0.3) is 0 Å². The third kappa shape index (κ3) is 4.01. The van der Waals surface area contributed by atoms with Gasteiger partial charge in [0, 0.05) is 5.56 Å². The zero-order valence-corrected chi connectivity index (χ0v) is 8.62. The van der Waals surface area contributed by atoms with Crippen molar-refractivity contribution < 1.29 is 22.1 Å². The maximum atomic E-state index is 11.8. The molecule has 1 aromatic carbocycles. The molecule has 1 rings (SSSR count). The van der Waals surface area contributed by atoms with E-state index in [2.05, 4.69) is 4.18 Å². The molecule has 82 valence electrons. The molecule has 0 aromatic heterocycles. The smallest absolute Gasteiger partial charge is 0.416 e. The molecule has 0 atom stereocenters. The molecule has 0 fully saturated rings. The van der Waals surface area contributed by atoms with Crippen LogP contribution < -0.4 is 4.18 Å². The molecule has 0 spiro atoms. The van der Waals surface area contributed by atoms with Gasteiger partial charge >= 0.3 is 5.51 Å². The van der Waals surface area contributed by atoms with Gasteiger partial charge in [-0.25, -0.2) is 0 Å². The summed E-state index contributed by atoms with van der Waals surface area (Å²) in [4.78, 5) is 10.3. The summed E-state index contributed by atoms with van der Waals surface area (Å²) >= 11 is 4.91. The molecule has 0 aliphatic rings. The first-order valence-electron chi connectivity index (χ1n) is 3.59. The number of alkyl halides is 3. The molecule has 0 amide bonds. The van der Waals surface area contributed by atoms with Crippen LogP contribution in [0.5, 0.6) is 5.75 Å². The normalized spacial score (nSPS) is 11.2. The summed E-state index contributed by atoms with van der Waals surface area (Å²) in [5.74, 6) is -0.135. The monoisotopic (exact) mass is 256 g/mol. The van der Waals surface area contributed by atoms with Crippen molar-refractivity contribution in [3.8, 4) is 5.75 Å². The van der Waals surface area contributed by atoms with Crippen LogP contribution in [0.3, 0.4) is 0 Å². The van der Waals surface area contributed by atoms with E-state index in [-0.39, 0.29) is 16.3 Å². The predicted molar refractivity (Wildman–Crippen MR) is 51.1 cm³/mol. The Hall–Kier alpha value is -0.880. The Balaban J connectivity index is 2.74. The van der Waals surface area contributed by atoms with Crippen LogP contribution in [0.2, 0.25) is 5.02 Å². The molecule has 0 bridgehead atoms. The largest absolute Gasteiger partial charge is 0.479 e. The molecule has 2 nitrogen and oxygen atoms in total. The molecule has 0 unspecified atom stereocenters. The first kappa shape index (κ1) is 12.2. The first-order valence-corrected chi connectivity index (χ1v) is 4.71. The van der Waals surface area contributed by atoms with E-state index < -0.39 is 17.6 Å². The molecule has 0 saturated carbocycles. The summed E-state index contributed by atoms with van der Waals surface area (Å²) in [5.41, 5.74) is -4.23. The Labute approximate surface area is 92.6 Å². The van der Waals surface area contributed by atoms with Gasteiger partial charge < -0.3 is 4.18 Å². The van der Waals surface area contributed by atoms with Gasteiger partial charge in [-0.05, 0) is 18.2 Å². The van der Waals surface area contributed by atoms with Gasteiger partial charge in [0.1, 0.15) is 6.29 Å². The van der Waals surface area contributed by atoms with Crippen LogP contribution in [-0.4, -0.2) is 11.8 Å². The molecular formula is C8H4ClF3O2S. The number of halogens is 4.